The topological polar surface area (TPSA) is 146 Å². The first-order valence-electron chi connectivity index (χ1n) is 10.6. The molecule has 2 heterocycles. The third-order valence-corrected chi connectivity index (χ3v) is 8.26. The Hall–Kier alpha value is -2.96. The molecule has 0 saturated heterocycles. The van der Waals surface area contributed by atoms with Crippen molar-refractivity contribution in [2.75, 3.05) is 11.9 Å². The zero-order valence-corrected chi connectivity index (χ0v) is 19.6. The van der Waals surface area contributed by atoms with E-state index in [2.05, 4.69) is 25.3 Å². The van der Waals surface area contributed by atoms with Gasteiger partial charge in [-0.1, -0.05) is 13.0 Å². The Morgan fingerprint density at radius 3 is 2.70 bits per heavy atom. The maximum atomic E-state index is 13.0. The number of anilines is 2. The lowest BCUT2D eigenvalue weighted by molar-refractivity contribution is 0.185. The van der Waals surface area contributed by atoms with E-state index >= 15 is 0 Å². The van der Waals surface area contributed by atoms with Crippen molar-refractivity contribution in [3.8, 4) is 10.4 Å². The van der Waals surface area contributed by atoms with Crippen LogP contribution < -0.4 is 15.4 Å². The minimum absolute atomic E-state index is 0.0289. The number of hydrogen-bond acceptors (Lipinski definition) is 8. The lowest BCUT2D eigenvalue weighted by Crippen LogP contribution is -2.36. The molecule has 176 valence electrons. The van der Waals surface area contributed by atoms with Crippen LogP contribution in [0.15, 0.2) is 46.2 Å². The number of rotatable bonds is 8. The molecule has 0 aliphatic heterocycles. The van der Waals surface area contributed by atoms with Gasteiger partial charge in [-0.2, -0.15) is 0 Å². The number of oxazole rings is 1. The Balaban J connectivity index is 1.59. The molecule has 0 atom stereocenters. The minimum Gasteiger partial charge on any atom is -0.465 e. The van der Waals surface area contributed by atoms with Crippen molar-refractivity contribution in [3.63, 3.8) is 0 Å². The number of amides is 1. The Labute approximate surface area is 195 Å². The van der Waals surface area contributed by atoms with Crippen molar-refractivity contribution in [2.24, 2.45) is 0 Å². The molecule has 1 aliphatic rings. The highest BCUT2D eigenvalue weighted by Gasteiger charge is 2.27. The van der Waals surface area contributed by atoms with Crippen LogP contribution >= 0.6 is 11.3 Å². The van der Waals surface area contributed by atoms with Crippen LogP contribution in [0.25, 0.3) is 10.4 Å². The van der Waals surface area contributed by atoms with Crippen LogP contribution in [-0.2, 0) is 10.0 Å². The van der Waals surface area contributed by atoms with Crippen LogP contribution in [-0.4, -0.2) is 42.2 Å². The molecule has 3 aromatic rings. The van der Waals surface area contributed by atoms with Crippen molar-refractivity contribution >= 4 is 39.2 Å². The molecule has 4 N–H and O–H groups in total. The summed E-state index contributed by atoms with van der Waals surface area (Å²) in [7, 11) is -3.75. The van der Waals surface area contributed by atoms with Gasteiger partial charge in [-0.25, -0.2) is 27.9 Å². The molecule has 10 nitrogen and oxygen atoms in total. The second kappa shape index (κ2) is 9.89. The van der Waals surface area contributed by atoms with Crippen molar-refractivity contribution in [1.29, 1.82) is 0 Å². The Bertz CT molecular complexity index is 1200. The molecule has 0 spiro atoms. The molecule has 1 fully saturated rings. The van der Waals surface area contributed by atoms with E-state index in [0.717, 1.165) is 35.6 Å². The summed E-state index contributed by atoms with van der Waals surface area (Å²) >= 11 is 1.48. The quantitative estimate of drug-likeness (QED) is 0.368. The van der Waals surface area contributed by atoms with Crippen molar-refractivity contribution in [2.45, 2.75) is 49.5 Å². The molecular weight excluding hydrogens is 466 g/mol. The molecular formula is C21H25N5O5S2. The van der Waals surface area contributed by atoms with Crippen LogP contribution in [0.5, 0.6) is 0 Å². The van der Waals surface area contributed by atoms with Crippen LogP contribution in [0.1, 0.15) is 43.5 Å². The molecule has 0 unspecified atom stereocenters. The van der Waals surface area contributed by atoms with Gasteiger partial charge in [-0.15, -0.1) is 11.3 Å². The highest BCUT2D eigenvalue weighted by Crippen LogP contribution is 2.40. The van der Waals surface area contributed by atoms with Crippen molar-refractivity contribution in [3.05, 3.63) is 41.9 Å². The van der Waals surface area contributed by atoms with Crippen LogP contribution in [0.4, 0.5) is 16.5 Å². The van der Waals surface area contributed by atoms with E-state index in [1.165, 1.54) is 23.8 Å². The van der Waals surface area contributed by atoms with Gasteiger partial charge in [0.15, 0.2) is 0 Å². The Kier molecular flexibility index (Phi) is 6.96. The van der Waals surface area contributed by atoms with Gasteiger partial charge in [0.1, 0.15) is 6.26 Å². The van der Waals surface area contributed by atoms with Crippen LogP contribution in [0, 0.1) is 0 Å². The number of aromatic nitrogens is 2. The van der Waals surface area contributed by atoms with Crippen LogP contribution in [0.2, 0.25) is 0 Å². The average Bonchev–Trinajstić information content (AvgIpc) is 3.46. The lowest BCUT2D eigenvalue weighted by Gasteiger charge is -2.27. The first kappa shape index (κ1) is 23.2. The summed E-state index contributed by atoms with van der Waals surface area (Å²) in [6.45, 7) is 1.99. The molecule has 1 aromatic carbocycles. The third kappa shape index (κ3) is 5.52. The van der Waals surface area contributed by atoms with Gasteiger partial charge >= 0.3 is 6.09 Å². The van der Waals surface area contributed by atoms with Gasteiger partial charge in [-0.05, 0) is 37.8 Å². The number of carboxylic acid groups (broad SMARTS) is 1. The first-order chi connectivity index (χ1) is 15.9. The standard InChI is InChI=1S/C21H25N5O5S2/c1-2-24-33(29,30)18-11-15(25-20-22-9-10-31-20)7-8-16(18)17-12-23-19(32-17)13-3-5-14(6-4-13)26-21(27)28/h7-14,24,26H,2-6H2,1H3,(H,22,25)(H,27,28)/t13-,14-. The number of benzene rings is 1. The summed E-state index contributed by atoms with van der Waals surface area (Å²) in [6, 6.07) is 5.31. The number of carbonyl (C=O) groups is 1. The fourth-order valence-electron chi connectivity index (χ4n) is 3.96. The number of hydrogen-bond donors (Lipinski definition) is 4. The Morgan fingerprint density at radius 1 is 1.24 bits per heavy atom. The molecule has 1 amide bonds. The zero-order valence-electron chi connectivity index (χ0n) is 17.9. The fourth-order valence-corrected chi connectivity index (χ4v) is 6.44. The smallest absolute Gasteiger partial charge is 0.404 e. The summed E-state index contributed by atoms with van der Waals surface area (Å²) in [5.74, 6) is 0.232. The van der Waals surface area contributed by atoms with Crippen molar-refractivity contribution in [1.82, 2.24) is 20.0 Å². The number of nitrogens with zero attached hydrogens (tertiary/aromatic N) is 2. The number of sulfonamides is 1. The third-order valence-electron chi connectivity index (χ3n) is 5.48. The van der Waals surface area contributed by atoms with Gasteiger partial charge in [0.05, 0.1) is 21.0 Å². The second-order valence-electron chi connectivity index (χ2n) is 7.74. The summed E-state index contributed by atoms with van der Waals surface area (Å²) in [5.41, 5.74) is 1.10. The average molecular weight is 492 g/mol. The van der Waals surface area contributed by atoms with E-state index in [9.17, 15) is 13.2 Å². The Morgan fingerprint density at radius 2 is 2.03 bits per heavy atom. The van der Waals surface area contributed by atoms with Gasteiger partial charge in [0, 0.05) is 36.0 Å². The van der Waals surface area contributed by atoms with E-state index in [-0.39, 0.29) is 29.4 Å². The normalized spacial score (nSPS) is 18.7. The molecule has 12 heteroatoms. The molecule has 33 heavy (non-hydrogen) atoms. The number of nitrogens with one attached hydrogen (secondary N) is 3. The summed E-state index contributed by atoms with van der Waals surface area (Å²) in [6.07, 6.45) is 6.82. The van der Waals surface area contributed by atoms with E-state index in [1.807, 2.05) is 0 Å². The highest BCUT2D eigenvalue weighted by molar-refractivity contribution is 7.89. The summed E-state index contributed by atoms with van der Waals surface area (Å²) in [5, 5.41) is 15.4. The van der Waals surface area contributed by atoms with E-state index in [0.29, 0.717) is 11.3 Å². The van der Waals surface area contributed by atoms with Gasteiger partial charge < -0.3 is 20.2 Å². The largest absolute Gasteiger partial charge is 0.465 e. The maximum Gasteiger partial charge on any atom is 0.404 e. The molecule has 2 aromatic heterocycles. The van der Waals surface area contributed by atoms with Crippen molar-refractivity contribution < 1.29 is 22.7 Å². The molecule has 0 radical (unpaired) electrons. The van der Waals surface area contributed by atoms with E-state index in [1.54, 1.807) is 31.3 Å². The van der Waals surface area contributed by atoms with Gasteiger partial charge in [0.25, 0.3) is 6.01 Å². The SMILES string of the molecule is CCNS(=O)(=O)c1cc(Nc2ncco2)ccc1-c1cnc([C@H]2CC[C@H](NC(=O)O)CC2)s1. The van der Waals surface area contributed by atoms with Crippen LogP contribution in [0.3, 0.4) is 0 Å². The second-order valence-corrected chi connectivity index (χ2v) is 10.5. The molecule has 1 aliphatic carbocycles. The molecule has 4 rings (SSSR count). The van der Waals surface area contributed by atoms with Gasteiger partial charge in [0.2, 0.25) is 10.0 Å². The summed E-state index contributed by atoms with van der Waals surface area (Å²) < 4.78 is 33.7. The van der Waals surface area contributed by atoms with Gasteiger partial charge in [-0.3, -0.25) is 0 Å². The molecule has 0 bridgehead atoms. The van der Waals surface area contributed by atoms with E-state index in [4.69, 9.17) is 9.52 Å². The fraction of sp³-hybridized carbons (Fsp3) is 0.381. The maximum absolute atomic E-state index is 13.0. The number of thiazole rings is 1. The summed E-state index contributed by atoms with van der Waals surface area (Å²) in [4.78, 5) is 20.4. The molecule has 1 saturated carbocycles. The predicted molar refractivity (Wildman–Crippen MR) is 124 cm³/mol. The lowest BCUT2D eigenvalue weighted by atomic mass is 9.86. The zero-order chi connectivity index (χ0) is 23.4. The predicted octanol–water partition coefficient (Wildman–Crippen LogP) is 4.13. The minimum atomic E-state index is -3.75. The monoisotopic (exact) mass is 491 g/mol. The highest BCUT2D eigenvalue weighted by atomic mass is 32.2. The first-order valence-corrected chi connectivity index (χ1v) is 12.9. The van der Waals surface area contributed by atoms with E-state index < -0.39 is 16.1 Å².